The molecule has 3 aromatic rings. The van der Waals surface area contributed by atoms with E-state index >= 15 is 0 Å². The summed E-state index contributed by atoms with van der Waals surface area (Å²) in [5.41, 5.74) is 2.79. The van der Waals surface area contributed by atoms with Crippen molar-refractivity contribution in [2.24, 2.45) is 9.98 Å². The van der Waals surface area contributed by atoms with Crippen molar-refractivity contribution >= 4 is 28.5 Å². The number of pyridine rings is 1. The lowest BCUT2D eigenvalue weighted by Gasteiger charge is -2.23. The molecular weight excluding hydrogens is 522 g/mol. The number of sulfonamides is 1. The number of amidine groups is 1. The molecule has 0 amide bonds. The highest BCUT2D eigenvalue weighted by atomic mass is 32.2. The zero-order valence-electron chi connectivity index (χ0n) is 23.0. The molecule has 1 aromatic carbocycles. The Morgan fingerprint density at radius 1 is 1.13 bits per heavy atom. The minimum atomic E-state index is -4.15. The Morgan fingerprint density at radius 2 is 1.79 bits per heavy atom. The first-order valence-corrected chi connectivity index (χ1v) is 13.4. The lowest BCUT2D eigenvalue weighted by molar-refractivity contribution is 0.154. The fraction of sp³-hybridized carbons (Fsp3) is 0.346. The molecule has 0 aliphatic heterocycles. The zero-order chi connectivity index (χ0) is 28.7. The molecule has 13 heteroatoms. The van der Waals surface area contributed by atoms with E-state index in [1.165, 1.54) is 32.8 Å². The second-order valence-electron chi connectivity index (χ2n) is 8.81. The van der Waals surface area contributed by atoms with Gasteiger partial charge in [-0.05, 0) is 58.2 Å². The Bertz CT molecular complexity index is 1470. The summed E-state index contributed by atoms with van der Waals surface area (Å²) in [6, 6.07) is 7.06. The van der Waals surface area contributed by atoms with E-state index < -0.39 is 21.4 Å². The van der Waals surface area contributed by atoms with Crippen LogP contribution in [0.25, 0.3) is 17.1 Å². The predicted molar refractivity (Wildman–Crippen MR) is 152 cm³/mol. The Labute approximate surface area is 228 Å². The van der Waals surface area contributed by atoms with E-state index in [9.17, 15) is 8.42 Å². The number of hydrogen-bond donors (Lipinski definition) is 1. The topological polar surface area (TPSA) is 142 Å². The van der Waals surface area contributed by atoms with Crippen LogP contribution in [-0.4, -0.2) is 73.4 Å². The van der Waals surface area contributed by atoms with Crippen molar-refractivity contribution in [2.75, 3.05) is 26.1 Å². The number of rotatable bonds is 11. The maximum absolute atomic E-state index is 13.7. The van der Waals surface area contributed by atoms with Gasteiger partial charge in [0.05, 0.1) is 14.2 Å². The molecule has 0 bridgehead atoms. The van der Waals surface area contributed by atoms with Crippen molar-refractivity contribution in [2.45, 2.75) is 39.0 Å². The van der Waals surface area contributed by atoms with Crippen LogP contribution in [0, 0.1) is 6.92 Å². The average molecular weight is 556 g/mol. The minimum Gasteiger partial charge on any atom is -0.494 e. The number of aliphatic imine (C=N–C) groups is 2. The van der Waals surface area contributed by atoms with Gasteiger partial charge in [0, 0.05) is 31.3 Å². The largest absolute Gasteiger partial charge is 0.494 e. The summed E-state index contributed by atoms with van der Waals surface area (Å²) < 4.78 is 48.1. The summed E-state index contributed by atoms with van der Waals surface area (Å²) in [6.45, 7) is 10.6. The molecule has 0 radical (unpaired) electrons. The molecule has 1 N–H and O–H groups in total. The number of benzene rings is 1. The molecule has 0 fully saturated rings. The molecule has 2 atom stereocenters. The molecule has 12 nitrogen and oxygen atoms in total. The van der Waals surface area contributed by atoms with Crippen molar-refractivity contribution in [1.29, 1.82) is 0 Å². The SMILES string of the molecule is C=NC(=NC=C(C)C)[C@@H](OC)[C@H](C)S(=O)(=O)Nc1nnc(-c2cncc(C)c2)n1-c1c(OC)cccc1OC. The number of allylic oxidation sites excluding steroid dienone is 1. The molecular formula is C26H33N7O5S. The van der Waals surface area contributed by atoms with Crippen LogP contribution in [0.15, 0.2) is 58.4 Å². The van der Waals surface area contributed by atoms with Crippen LogP contribution in [0.2, 0.25) is 0 Å². The van der Waals surface area contributed by atoms with Crippen molar-refractivity contribution in [3.8, 4) is 28.6 Å². The maximum atomic E-state index is 13.7. The molecule has 0 unspecified atom stereocenters. The van der Waals surface area contributed by atoms with E-state index in [4.69, 9.17) is 14.2 Å². The van der Waals surface area contributed by atoms with Gasteiger partial charge in [-0.25, -0.2) is 18.4 Å². The number of para-hydroxylation sites is 1. The Morgan fingerprint density at radius 3 is 2.33 bits per heavy atom. The van der Waals surface area contributed by atoms with Gasteiger partial charge in [0.15, 0.2) is 11.7 Å². The second-order valence-corrected chi connectivity index (χ2v) is 10.8. The Hall–Kier alpha value is -4.10. The number of anilines is 1. The first kappa shape index (κ1) is 29.5. The summed E-state index contributed by atoms with van der Waals surface area (Å²) in [4.78, 5) is 12.4. The highest BCUT2D eigenvalue weighted by molar-refractivity contribution is 7.93. The number of nitrogens with zero attached hydrogens (tertiary/aromatic N) is 6. The van der Waals surface area contributed by atoms with Gasteiger partial charge in [-0.15, -0.1) is 10.2 Å². The standard InChI is InChI=1S/C26H33N7O5S/c1-16(2)13-29-24(27-5)23(38-8)18(4)39(34,35)32-26-31-30-25(19-12-17(3)14-28-15-19)33(26)22-20(36-6)10-9-11-21(22)37-7/h9-15,18,23H,5H2,1-4,6-8H3,(H,31,32)/t18-,23-/m0/s1. The van der Waals surface area contributed by atoms with Crippen molar-refractivity contribution < 1.29 is 22.6 Å². The highest BCUT2D eigenvalue weighted by Gasteiger charge is 2.35. The molecule has 2 heterocycles. The van der Waals surface area contributed by atoms with E-state index in [-0.39, 0.29) is 11.8 Å². The normalized spacial score (nSPS) is 13.4. The van der Waals surface area contributed by atoms with Crippen LogP contribution in [-0.2, 0) is 14.8 Å². The van der Waals surface area contributed by atoms with Crippen LogP contribution >= 0.6 is 0 Å². The monoisotopic (exact) mass is 555 g/mol. The highest BCUT2D eigenvalue weighted by Crippen LogP contribution is 2.37. The van der Waals surface area contributed by atoms with Crippen LogP contribution < -0.4 is 14.2 Å². The molecule has 208 valence electrons. The average Bonchev–Trinajstić information content (AvgIpc) is 3.32. The van der Waals surface area contributed by atoms with E-state index in [1.807, 2.05) is 26.8 Å². The molecule has 2 aromatic heterocycles. The van der Waals surface area contributed by atoms with E-state index in [2.05, 4.69) is 36.6 Å². The van der Waals surface area contributed by atoms with Crippen LogP contribution in [0.5, 0.6) is 11.5 Å². The second kappa shape index (κ2) is 12.6. The number of aromatic nitrogens is 4. The van der Waals surface area contributed by atoms with Gasteiger partial charge in [0.1, 0.15) is 28.5 Å². The van der Waals surface area contributed by atoms with Crippen molar-refractivity contribution in [3.63, 3.8) is 0 Å². The number of nitrogens with one attached hydrogen (secondary N) is 1. The molecule has 0 spiro atoms. The molecule has 0 saturated heterocycles. The molecule has 0 aliphatic rings. The Kier molecular flexibility index (Phi) is 9.54. The lowest BCUT2D eigenvalue weighted by atomic mass is 10.2. The summed E-state index contributed by atoms with van der Waals surface area (Å²) >= 11 is 0. The summed E-state index contributed by atoms with van der Waals surface area (Å²) in [7, 11) is 0.232. The van der Waals surface area contributed by atoms with E-state index in [1.54, 1.807) is 36.8 Å². The first-order chi connectivity index (χ1) is 18.6. The zero-order valence-corrected chi connectivity index (χ0v) is 23.9. The smallest absolute Gasteiger partial charge is 0.243 e. The Balaban J connectivity index is 2.19. The summed E-state index contributed by atoms with van der Waals surface area (Å²) in [5.74, 6) is 1.17. The van der Waals surface area contributed by atoms with Gasteiger partial charge >= 0.3 is 0 Å². The lowest BCUT2D eigenvalue weighted by Crippen LogP contribution is -2.41. The number of aryl methyl sites for hydroxylation is 1. The number of hydrogen-bond acceptors (Lipinski definition) is 9. The van der Waals surface area contributed by atoms with Crippen LogP contribution in [0.3, 0.4) is 0 Å². The minimum absolute atomic E-state index is 0.0923. The van der Waals surface area contributed by atoms with Gasteiger partial charge in [-0.1, -0.05) is 11.6 Å². The van der Waals surface area contributed by atoms with Gasteiger partial charge < -0.3 is 14.2 Å². The fourth-order valence-electron chi connectivity index (χ4n) is 3.77. The third-order valence-electron chi connectivity index (χ3n) is 5.70. The fourth-order valence-corrected chi connectivity index (χ4v) is 4.90. The molecule has 0 aliphatic carbocycles. The quantitative estimate of drug-likeness (QED) is 0.278. The predicted octanol–water partition coefficient (Wildman–Crippen LogP) is 3.82. The van der Waals surface area contributed by atoms with Gasteiger partial charge in [-0.2, -0.15) is 0 Å². The van der Waals surface area contributed by atoms with Crippen molar-refractivity contribution in [3.05, 3.63) is 54.0 Å². The maximum Gasteiger partial charge on any atom is 0.243 e. The first-order valence-electron chi connectivity index (χ1n) is 11.9. The summed E-state index contributed by atoms with van der Waals surface area (Å²) in [5, 5.41) is 7.35. The third kappa shape index (κ3) is 6.49. The van der Waals surface area contributed by atoms with Gasteiger partial charge in [0.2, 0.25) is 16.0 Å². The molecule has 0 saturated carbocycles. The number of ether oxygens (including phenoxy) is 3. The van der Waals surface area contributed by atoms with E-state index in [0.29, 0.717) is 28.6 Å². The summed E-state index contributed by atoms with van der Waals surface area (Å²) in [6.07, 6.45) is 3.86. The van der Waals surface area contributed by atoms with Gasteiger partial charge in [-0.3, -0.25) is 14.3 Å². The van der Waals surface area contributed by atoms with Crippen LogP contribution in [0.1, 0.15) is 26.3 Å². The van der Waals surface area contributed by atoms with Crippen molar-refractivity contribution in [1.82, 2.24) is 19.7 Å². The molecule has 3 rings (SSSR count). The van der Waals surface area contributed by atoms with Gasteiger partial charge in [0.25, 0.3) is 0 Å². The van der Waals surface area contributed by atoms with Crippen LogP contribution in [0.4, 0.5) is 5.95 Å². The molecule has 39 heavy (non-hydrogen) atoms. The number of methoxy groups -OCH3 is 3. The van der Waals surface area contributed by atoms with E-state index in [0.717, 1.165) is 11.1 Å². The third-order valence-corrected chi connectivity index (χ3v) is 7.39.